The maximum atomic E-state index is 11.6. The first kappa shape index (κ1) is 19.7. The molecule has 0 fully saturated rings. The Hall–Kier alpha value is -1.31. The first-order valence-corrected chi connectivity index (χ1v) is 6.85. The molecule has 0 aliphatic heterocycles. The Kier molecular flexibility index (Phi) is 9.77. The topological polar surface area (TPSA) is 56.7 Å². The lowest BCUT2D eigenvalue weighted by molar-refractivity contribution is 0.0963. The number of nitrogens with zero attached hydrogens (tertiary/aromatic N) is 2. The van der Waals surface area contributed by atoms with Crippen LogP contribution in [-0.4, -0.2) is 51.0 Å². The highest BCUT2D eigenvalue weighted by molar-refractivity contribution is 14.0. The largest absolute Gasteiger partial charge is 0.357 e. The van der Waals surface area contributed by atoms with Gasteiger partial charge in [0.1, 0.15) is 0 Å². The van der Waals surface area contributed by atoms with Gasteiger partial charge < -0.3 is 15.5 Å². The summed E-state index contributed by atoms with van der Waals surface area (Å²) in [7, 11) is 5.57. The predicted octanol–water partition coefficient (Wildman–Crippen LogP) is 1.73. The molecular formula is C15H25IN4O. The number of rotatable bonds is 5. The Morgan fingerprint density at radius 1 is 1.33 bits per heavy atom. The lowest BCUT2D eigenvalue weighted by Gasteiger charge is -2.16. The number of carbonyl (C=O) groups is 1. The number of guanidine groups is 1. The van der Waals surface area contributed by atoms with Crippen LogP contribution in [-0.2, 0) is 6.42 Å². The van der Waals surface area contributed by atoms with E-state index in [-0.39, 0.29) is 29.9 Å². The molecule has 0 spiro atoms. The van der Waals surface area contributed by atoms with Crippen molar-refractivity contribution in [1.82, 2.24) is 15.5 Å². The van der Waals surface area contributed by atoms with Gasteiger partial charge in [-0.25, -0.2) is 0 Å². The molecule has 118 valence electrons. The Balaban J connectivity index is 0.00000400. The van der Waals surface area contributed by atoms with E-state index in [0.29, 0.717) is 12.1 Å². The molecule has 1 aromatic carbocycles. The van der Waals surface area contributed by atoms with Gasteiger partial charge in [-0.05, 0) is 31.0 Å². The van der Waals surface area contributed by atoms with E-state index in [0.717, 1.165) is 24.5 Å². The molecule has 5 nitrogen and oxygen atoms in total. The van der Waals surface area contributed by atoms with Gasteiger partial charge in [0.05, 0.1) is 0 Å². The van der Waals surface area contributed by atoms with Gasteiger partial charge in [0.15, 0.2) is 5.96 Å². The molecule has 21 heavy (non-hydrogen) atoms. The first-order valence-electron chi connectivity index (χ1n) is 6.85. The van der Waals surface area contributed by atoms with Gasteiger partial charge >= 0.3 is 0 Å². The quantitative estimate of drug-likeness (QED) is 0.447. The van der Waals surface area contributed by atoms with Crippen LogP contribution in [0.2, 0.25) is 0 Å². The molecule has 0 unspecified atom stereocenters. The van der Waals surface area contributed by atoms with E-state index < -0.39 is 0 Å². The molecule has 0 atom stereocenters. The van der Waals surface area contributed by atoms with E-state index in [1.807, 2.05) is 50.2 Å². The summed E-state index contributed by atoms with van der Waals surface area (Å²) in [6, 6.07) is 7.65. The fourth-order valence-corrected chi connectivity index (χ4v) is 1.82. The van der Waals surface area contributed by atoms with Crippen LogP contribution in [0.1, 0.15) is 22.8 Å². The van der Waals surface area contributed by atoms with Gasteiger partial charge in [-0.3, -0.25) is 9.79 Å². The third-order valence-corrected chi connectivity index (χ3v) is 2.84. The van der Waals surface area contributed by atoms with Crippen molar-refractivity contribution in [2.75, 3.05) is 34.2 Å². The van der Waals surface area contributed by atoms with Crippen molar-refractivity contribution < 1.29 is 4.79 Å². The molecule has 0 saturated carbocycles. The minimum atomic E-state index is -0.0584. The van der Waals surface area contributed by atoms with Gasteiger partial charge in [0.2, 0.25) is 0 Å². The molecule has 0 aromatic heterocycles. The fraction of sp³-hybridized carbons (Fsp3) is 0.467. The van der Waals surface area contributed by atoms with E-state index in [4.69, 9.17) is 0 Å². The number of aliphatic imine (C=N–C) groups is 1. The van der Waals surface area contributed by atoms with Gasteiger partial charge in [0.25, 0.3) is 5.91 Å². The highest BCUT2D eigenvalue weighted by atomic mass is 127. The van der Waals surface area contributed by atoms with Crippen LogP contribution in [0.5, 0.6) is 0 Å². The fourth-order valence-electron chi connectivity index (χ4n) is 1.82. The predicted molar refractivity (Wildman–Crippen MR) is 98.6 cm³/mol. The van der Waals surface area contributed by atoms with Crippen molar-refractivity contribution in [1.29, 1.82) is 0 Å². The summed E-state index contributed by atoms with van der Waals surface area (Å²) in [5.74, 6) is 0.826. The highest BCUT2D eigenvalue weighted by Crippen LogP contribution is 2.06. The third-order valence-electron chi connectivity index (χ3n) is 2.84. The maximum absolute atomic E-state index is 11.6. The molecule has 0 aliphatic rings. The Morgan fingerprint density at radius 2 is 2.05 bits per heavy atom. The zero-order valence-corrected chi connectivity index (χ0v) is 15.5. The number of benzene rings is 1. The Morgan fingerprint density at radius 3 is 2.62 bits per heavy atom. The van der Waals surface area contributed by atoms with E-state index in [1.165, 1.54) is 0 Å². The van der Waals surface area contributed by atoms with Crippen LogP contribution in [0, 0.1) is 0 Å². The van der Waals surface area contributed by atoms with Gasteiger partial charge in [-0.2, -0.15) is 0 Å². The van der Waals surface area contributed by atoms with Crippen LogP contribution in [0.4, 0.5) is 0 Å². The molecule has 1 aromatic rings. The summed E-state index contributed by atoms with van der Waals surface area (Å²) in [4.78, 5) is 18.1. The van der Waals surface area contributed by atoms with Crippen LogP contribution >= 0.6 is 24.0 Å². The minimum Gasteiger partial charge on any atom is -0.357 e. The average Bonchev–Trinajstić information content (AvgIpc) is 2.45. The summed E-state index contributed by atoms with van der Waals surface area (Å²) < 4.78 is 0. The molecule has 0 bridgehead atoms. The molecule has 1 amide bonds. The van der Waals surface area contributed by atoms with Crippen molar-refractivity contribution in [2.24, 2.45) is 4.99 Å². The average molecular weight is 404 g/mol. The second-order valence-corrected chi connectivity index (χ2v) is 4.66. The molecule has 0 saturated heterocycles. The second kappa shape index (κ2) is 10.4. The number of carbonyl (C=O) groups excluding carboxylic acids is 1. The van der Waals surface area contributed by atoms with Crippen LogP contribution in [0.3, 0.4) is 0 Å². The maximum Gasteiger partial charge on any atom is 0.251 e. The van der Waals surface area contributed by atoms with E-state index in [1.54, 1.807) is 7.05 Å². The number of halogens is 1. The molecule has 2 N–H and O–H groups in total. The summed E-state index contributed by atoms with van der Waals surface area (Å²) in [5.41, 5.74) is 1.80. The number of nitrogens with one attached hydrogen (secondary N) is 2. The monoisotopic (exact) mass is 404 g/mol. The number of hydrogen-bond acceptors (Lipinski definition) is 2. The normalized spacial score (nSPS) is 10.6. The van der Waals surface area contributed by atoms with Crippen LogP contribution in [0.15, 0.2) is 29.3 Å². The van der Waals surface area contributed by atoms with Crippen molar-refractivity contribution in [3.05, 3.63) is 35.4 Å². The standard InChI is InChI=1S/C15H24N4O.HI/c1-5-17-15(19(3)4)18-10-9-12-7-6-8-13(11-12)14(20)16-2;/h6-8,11H,5,9-10H2,1-4H3,(H,16,20)(H,17,18);1H. The smallest absolute Gasteiger partial charge is 0.251 e. The third kappa shape index (κ3) is 6.79. The van der Waals surface area contributed by atoms with Crippen molar-refractivity contribution in [2.45, 2.75) is 13.3 Å². The van der Waals surface area contributed by atoms with Crippen molar-refractivity contribution in [3.63, 3.8) is 0 Å². The minimum absolute atomic E-state index is 0. The lowest BCUT2D eigenvalue weighted by Crippen LogP contribution is -2.36. The molecule has 0 aliphatic carbocycles. The summed E-state index contributed by atoms with van der Waals surface area (Å²) in [6.07, 6.45) is 0.813. The second-order valence-electron chi connectivity index (χ2n) is 4.66. The van der Waals surface area contributed by atoms with Gasteiger partial charge in [0, 0.05) is 39.8 Å². The van der Waals surface area contributed by atoms with E-state index in [9.17, 15) is 4.79 Å². The molecule has 6 heteroatoms. The van der Waals surface area contributed by atoms with Crippen LogP contribution in [0.25, 0.3) is 0 Å². The van der Waals surface area contributed by atoms with Gasteiger partial charge in [-0.15, -0.1) is 24.0 Å². The van der Waals surface area contributed by atoms with E-state index >= 15 is 0 Å². The zero-order valence-electron chi connectivity index (χ0n) is 13.1. The van der Waals surface area contributed by atoms with Crippen molar-refractivity contribution in [3.8, 4) is 0 Å². The molecule has 0 heterocycles. The van der Waals surface area contributed by atoms with Crippen molar-refractivity contribution >= 4 is 35.8 Å². The van der Waals surface area contributed by atoms with E-state index in [2.05, 4.69) is 15.6 Å². The van der Waals surface area contributed by atoms with Gasteiger partial charge in [-0.1, -0.05) is 12.1 Å². The first-order chi connectivity index (χ1) is 9.58. The number of hydrogen-bond donors (Lipinski definition) is 2. The molecular weight excluding hydrogens is 379 g/mol. The zero-order chi connectivity index (χ0) is 15.0. The number of amides is 1. The summed E-state index contributed by atoms with van der Waals surface area (Å²) in [6.45, 7) is 3.59. The summed E-state index contributed by atoms with van der Waals surface area (Å²) in [5, 5.41) is 5.85. The van der Waals surface area contributed by atoms with Crippen LogP contribution < -0.4 is 10.6 Å². The SMILES string of the molecule is CCNC(=NCCc1cccc(C(=O)NC)c1)N(C)C.I. The highest BCUT2D eigenvalue weighted by Gasteiger charge is 2.04. The Bertz CT molecular complexity index is 474. The lowest BCUT2D eigenvalue weighted by atomic mass is 10.1. The summed E-state index contributed by atoms with van der Waals surface area (Å²) >= 11 is 0. The Labute approximate surface area is 144 Å². The molecule has 0 radical (unpaired) electrons. The molecule has 1 rings (SSSR count).